The molecule has 0 aliphatic carbocycles. The first kappa shape index (κ1) is 5.86. The van der Waals surface area contributed by atoms with E-state index >= 15 is 0 Å². The van der Waals surface area contributed by atoms with Crippen molar-refractivity contribution in [1.82, 2.24) is 15.0 Å². The van der Waals surface area contributed by atoms with Crippen LogP contribution in [0.25, 0.3) is 11.4 Å². The maximum Gasteiger partial charge on any atom is 1.00 e. The number of nitrogens with zero attached hydrogens (tertiary/aromatic N) is 3. The Bertz CT molecular complexity index is 389. The molecule has 11 heavy (non-hydrogen) atoms. The first-order chi connectivity index (χ1) is 5.42. The Morgan fingerprint density at radius 1 is 1.55 bits per heavy atom. The fourth-order valence-corrected chi connectivity index (χ4v) is 0.945. The Labute approximate surface area is 64.4 Å². The van der Waals surface area contributed by atoms with Gasteiger partial charge in [-0.2, -0.15) is 5.26 Å². The topological polar surface area (TPSA) is 65.4 Å². The van der Waals surface area contributed by atoms with Gasteiger partial charge in [-0.25, -0.2) is 4.98 Å². The van der Waals surface area contributed by atoms with Gasteiger partial charge >= 0.3 is 1.43 Å². The van der Waals surface area contributed by atoms with E-state index < -0.39 is 0 Å². The molecular weight excluding hydrogens is 140 g/mol. The molecule has 1 N–H and O–H groups in total. The summed E-state index contributed by atoms with van der Waals surface area (Å²) in [5.74, 6) is 0. The van der Waals surface area contributed by atoms with E-state index in [-0.39, 0.29) is 1.43 Å². The van der Waals surface area contributed by atoms with Crippen LogP contribution in [0.4, 0.5) is 0 Å². The van der Waals surface area contributed by atoms with Gasteiger partial charge in [-0.15, -0.1) is 0 Å². The molecule has 0 amide bonds. The van der Waals surface area contributed by atoms with Crippen molar-refractivity contribution in [2.45, 2.75) is 0 Å². The van der Waals surface area contributed by atoms with E-state index in [2.05, 4.69) is 15.0 Å². The lowest BCUT2D eigenvalue weighted by Crippen LogP contribution is -1.85. The number of fused-ring (bicyclic) bond motifs is 1. The third-order valence-electron chi connectivity index (χ3n) is 1.46. The Morgan fingerprint density at radius 2 is 2.45 bits per heavy atom. The van der Waals surface area contributed by atoms with Gasteiger partial charge in [0.1, 0.15) is 11.8 Å². The molecule has 2 aliphatic rings. The van der Waals surface area contributed by atoms with Crippen molar-refractivity contribution >= 4 is 0 Å². The fourth-order valence-electron chi connectivity index (χ4n) is 0.945. The summed E-state index contributed by atoms with van der Waals surface area (Å²) >= 11 is 0. The molecule has 0 atom stereocenters. The summed E-state index contributed by atoms with van der Waals surface area (Å²) in [7, 11) is 0. The van der Waals surface area contributed by atoms with Crippen molar-refractivity contribution in [3.8, 4) is 17.5 Å². The average molecular weight is 145 g/mol. The third-order valence-corrected chi connectivity index (χ3v) is 1.46. The quantitative estimate of drug-likeness (QED) is 0.598. The number of hydrogen-bond acceptors (Lipinski definition) is 3. The van der Waals surface area contributed by atoms with Gasteiger partial charge in [0.25, 0.3) is 0 Å². The lowest BCUT2D eigenvalue weighted by atomic mass is 10.2. The minimum atomic E-state index is 0. The van der Waals surface area contributed by atoms with Crippen LogP contribution >= 0.6 is 0 Å². The van der Waals surface area contributed by atoms with Gasteiger partial charge in [0.15, 0.2) is 0 Å². The van der Waals surface area contributed by atoms with Gasteiger partial charge in [-0.05, 0) is 0 Å². The lowest BCUT2D eigenvalue weighted by molar-refractivity contribution is 1.15. The molecule has 4 heteroatoms. The molecule has 0 unspecified atom stereocenters. The largest absolute Gasteiger partial charge is 1.00 e. The number of nitriles is 1. The maximum absolute atomic E-state index is 8.59. The summed E-state index contributed by atoms with van der Waals surface area (Å²) in [6.07, 6.45) is 4.68. The van der Waals surface area contributed by atoms with E-state index in [1.807, 2.05) is 6.07 Å². The molecular formula is C7H5N4+. The summed E-state index contributed by atoms with van der Waals surface area (Å²) in [6.45, 7) is 0. The van der Waals surface area contributed by atoms with Crippen molar-refractivity contribution in [3.05, 3.63) is 24.3 Å². The highest BCUT2D eigenvalue weighted by molar-refractivity contribution is 5.63. The highest BCUT2D eigenvalue weighted by Crippen LogP contribution is 2.19. The summed E-state index contributed by atoms with van der Waals surface area (Å²) in [5.41, 5.74) is 2.04. The van der Waals surface area contributed by atoms with Gasteiger partial charge in [0.2, 0.25) is 0 Å². The van der Waals surface area contributed by atoms with Gasteiger partial charge in [0, 0.05) is 6.20 Å². The van der Waals surface area contributed by atoms with Crippen molar-refractivity contribution in [3.63, 3.8) is 0 Å². The van der Waals surface area contributed by atoms with E-state index in [1.165, 1.54) is 12.5 Å². The second kappa shape index (κ2) is 2.06. The molecule has 4 nitrogen and oxygen atoms in total. The second-order valence-corrected chi connectivity index (χ2v) is 2.10. The molecule has 0 bridgehead atoms. The molecule has 0 saturated carbocycles. The van der Waals surface area contributed by atoms with Crippen molar-refractivity contribution in [2.75, 3.05) is 0 Å². The molecule has 2 aliphatic heterocycles. The van der Waals surface area contributed by atoms with E-state index in [0.29, 0.717) is 5.56 Å². The van der Waals surface area contributed by atoms with Gasteiger partial charge in [-0.1, -0.05) is 0 Å². The zero-order chi connectivity index (χ0) is 7.68. The first-order valence-corrected chi connectivity index (χ1v) is 3.09. The van der Waals surface area contributed by atoms with Crippen LogP contribution in [-0.2, 0) is 0 Å². The molecule has 0 saturated heterocycles. The molecule has 52 valence electrons. The van der Waals surface area contributed by atoms with Crippen LogP contribution in [0.5, 0.6) is 0 Å². The lowest BCUT2D eigenvalue weighted by Gasteiger charge is -1.93. The van der Waals surface area contributed by atoms with Crippen LogP contribution in [0, 0.1) is 11.3 Å². The van der Waals surface area contributed by atoms with Gasteiger partial charge < -0.3 is 4.98 Å². The number of aromatic nitrogens is 3. The van der Waals surface area contributed by atoms with E-state index in [4.69, 9.17) is 5.26 Å². The zero-order valence-electron chi connectivity index (χ0n) is 6.57. The molecule has 0 spiro atoms. The molecule has 0 fully saturated rings. The van der Waals surface area contributed by atoms with Crippen molar-refractivity contribution < 1.29 is 1.43 Å². The number of nitrogens with one attached hydrogen (secondary N) is 1. The molecule has 0 aromatic rings. The zero-order valence-corrected chi connectivity index (χ0v) is 5.57. The predicted octanol–water partition coefficient (Wildman–Crippen LogP) is 0.894. The molecule has 0 aromatic carbocycles. The minimum absolute atomic E-state index is 0. The van der Waals surface area contributed by atoms with E-state index in [1.54, 1.807) is 6.20 Å². The fraction of sp³-hybridized carbons (Fsp3) is 0. The predicted molar refractivity (Wildman–Crippen MR) is 38.8 cm³/mol. The normalized spacial score (nSPS) is 9.73. The first-order valence-electron chi connectivity index (χ1n) is 3.09. The number of aromatic amines is 1. The van der Waals surface area contributed by atoms with Gasteiger partial charge in [0.05, 0.1) is 23.8 Å². The molecule has 0 aromatic heterocycles. The second-order valence-electron chi connectivity index (χ2n) is 2.10. The standard InChI is InChI=1S/C7H4N4/c8-1-5-2-10-6-3-9-4-11-7(5)6/h2-4H,(H,9,11)/p+1. The van der Waals surface area contributed by atoms with E-state index in [0.717, 1.165) is 11.4 Å². The monoisotopic (exact) mass is 145 g/mol. The Balaban J connectivity index is 0.000000720. The maximum atomic E-state index is 8.59. The van der Waals surface area contributed by atoms with Crippen molar-refractivity contribution in [2.24, 2.45) is 0 Å². The summed E-state index contributed by atoms with van der Waals surface area (Å²) < 4.78 is 0. The van der Waals surface area contributed by atoms with Crippen LogP contribution in [0.3, 0.4) is 0 Å². The highest BCUT2D eigenvalue weighted by atomic mass is 14.9. The van der Waals surface area contributed by atoms with Crippen LogP contribution < -0.4 is 0 Å². The van der Waals surface area contributed by atoms with Crippen LogP contribution in [0.2, 0.25) is 0 Å². The summed E-state index contributed by atoms with van der Waals surface area (Å²) in [6, 6.07) is 2.03. The highest BCUT2D eigenvalue weighted by Gasteiger charge is 2.09. The molecule has 2 rings (SSSR count). The number of hydrogen-bond donors (Lipinski definition) is 1. The minimum Gasteiger partial charge on any atom is -0.343 e. The Kier molecular flexibility index (Phi) is 1.10. The van der Waals surface area contributed by atoms with Gasteiger partial charge in [-0.3, -0.25) is 4.98 Å². The molecule has 2 heterocycles. The number of H-pyrrole nitrogens is 1. The molecule has 0 radical (unpaired) electrons. The Hall–Kier alpha value is -1.89. The van der Waals surface area contributed by atoms with Crippen LogP contribution in [-0.4, -0.2) is 15.0 Å². The van der Waals surface area contributed by atoms with Crippen molar-refractivity contribution in [1.29, 1.82) is 5.26 Å². The van der Waals surface area contributed by atoms with Crippen LogP contribution in [0.1, 0.15) is 6.99 Å². The summed E-state index contributed by atoms with van der Waals surface area (Å²) in [4.78, 5) is 10.7. The Morgan fingerprint density at radius 3 is 3.27 bits per heavy atom. The van der Waals surface area contributed by atoms with Crippen LogP contribution in [0.15, 0.2) is 18.7 Å². The third kappa shape index (κ3) is 0.749. The smallest absolute Gasteiger partial charge is 0.343 e. The van der Waals surface area contributed by atoms with E-state index in [9.17, 15) is 0 Å². The summed E-state index contributed by atoms with van der Waals surface area (Å²) in [5, 5.41) is 8.59. The number of rotatable bonds is 0. The average Bonchev–Trinajstić information content (AvgIpc) is 2.47. The SMILES string of the molecule is N#Cc1cnc2cnc[nH]c1-2.[H+].